The Morgan fingerprint density at radius 1 is 1.03 bits per heavy atom. The molecule has 0 bridgehead atoms. The van der Waals surface area contributed by atoms with Crippen LogP contribution in [0.15, 0.2) is 59.5 Å². The molecule has 0 aromatic heterocycles. The number of hydrogen-bond acceptors (Lipinski definition) is 3. The maximum absolute atomic E-state index is 13.0. The van der Waals surface area contributed by atoms with E-state index in [1.807, 2.05) is 36.4 Å². The number of nitrogens with zero attached hydrogens (tertiary/aromatic N) is 1. The minimum absolute atomic E-state index is 0.0279. The summed E-state index contributed by atoms with van der Waals surface area (Å²) in [4.78, 5) is 13.3. The second-order valence-electron chi connectivity index (χ2n) is 8.10. The highest BCUT2D eigenvalue weighted by molar-refractivity contribution is 7.89. The van der Waals surface area contributed by atoms with Gasteiger partial charge in [-0.2, -0.15) is 4.31 Å². The number of carbonyl (C=O) groups is 1. The molecule has 0 radical (unpaired) electrons. The van der Waals surface area contributed by atoms with Crippen LogP contribution in [0, 0.1) is 5.92 Å². The highest BCUT2D eigenvalue weighted by Gasteiger charge is 2.27. The molecule has 0 spiro atoms. The van der Waals surface area contributed by atoms with Crippen molar-refractivity contribution in [3.63, 3.8) is 0 Å². The Bertz CT molecular complexity index is 938. The van der Waals surface area contributed by atoms with E-state index in [-0.39, 0.29) is 17.7 Å². The average Bonchev–Trinajstić information content (AvgIpc) is 2.79. The number of carbonyl (C=O) groups excluding carboxylic acids is 1. The summed E-state index contributed by atoms with van der Waals surface area (Å²) in [5, 5.41) is 3.02. The minimum Gasteiger partial charge on any atom is -0.351 e. The van der Waals surface area contributed by atoms with Crippen molar-refractivity contribution in [2.75, 3.05) is 13.1 Å². The Morgan fingerprint density at radius 3 is 2.40 bits per heavy atom. The summed E-state index contributed by atoms with van der Waals surface area (Å²) in [6, 6.07) is 16.8. The molecule has 0 saturated carbocycles. The van der Waals surface area contributed by atoms with Crippen LogP contribution in [0.1, 0.15) is 56.6 Å². The summed E-state index contributed by atoms with van der Waals surface area (Å²) in [6.45, 7) is 5.64. The van der Waals surface area contributed by atoms with Crippen LogP contribution in [0.2, 0.25) is 0 Å². The van der Waals surface area contributed by atoms with Crippen molar-refractivity contribution < 1.29 is 13.2 Å². The molecule has 162 valence electrons. The van der Waals surface area contributed by atoms with E-state index in [1.54, 1.807) is 22.5 Å². The van der Waals surface area contributed by atoms with Gasteiger partial charge in [-0.25, -0.2) is 8.42 Å². The highest BCUT2D eigenvalue weighted by atomic mass is 32.2. The summed E-state index contributed by atoms with van der Waals surface area (Å²) in [5.41, 5.74) is 1.79. The summed E-state index contributed by atoms with van der Waals surface area (Å²) in [5.74, 6) is -0.0467. The van der Waals surface area contributed by atoms with E-state index in [4.69, 9.17) is 0 Å². The third kappa shape index (κ3) is 5.29. The molecule has 1 aliphatic rings. The molecular formula is C24H32N2O3S. The average molecular weight is 429 g/mol. The van der Waals surface area contributed by atoms with Gasteiger partial charge < -0.3 is 5.32 Å². The third-order valence-corrected chi connectivity index (χ3v) is 7.87. The summed E-state index contributed by atoms with van der Waals surface area (Å²) in [6.07, 6.45) is 3.80. The lowest BCUT2D eigenvalue weighted by Gasteiger charge is -2.26. The van der Waals surface area contributed by atoms with Gasteiger partial charge in [0.15, 0.2) is 0 Å². The van der Waals surface area contributed by atoms with Gasteiger partial charge in [-0.05, 0) is 42.0 Å². The predicted molar refractivity (Wildman–Crippen MR) is 120 cm³/mol. The lowest BCUT2D eigenvalue weighted by atomic mass is 9.85. The van der Waals surface area contributed by atoms with E-state index >= 15 is 0 Å². The van der Waals surface area contributed by atoms with Gasteiger partial charge in [0.05, 0.1) is 10.8 Å². The second-order valence-corrected chi connectivity index (χ2v) is 10.0. The lowest BCUT2D eigenvalue weighted by Crippen LogP contribution is -2.35. The van der Waals surface area contributed by atoms with Crippen molar-refractivity contribution in [1.29, 1.82) is 0 Å². The zero-order chi connectivity index (χ0) is 21.6. The lowest BCUT2D eigenvalue weighted by molar-refractivity contribution is -0.123. The van der Waals surface area contributed by atoms with Gasteiger partial charge in [-0.15, -0.1) is 0 Å². The van der Waals surface area contributed by atoms with E-state index < -0.39 is 10.0 Å². The first-order valence-electron chi connectivity index (χ1n) is 10.8. The topological polar surface area (TPSA) is 66.5 Å². The number of piperidine rings is 1. The molecule has 1 N–H and O–H groups in total. The number of hydrogen-bond donors (Lipinski definition) is 1. The predicted octanol–water partition coefficient (Wildman–Crippen LogP) is 4.31. The molecule has 2 aromatic carbocycles. The number of sulfonamides is 1. The Hall–Kier alpha value is -2.18. The molecule has 1 amide bonds. The first-order valence-corrected chi connectivity index (χ1v) is 12.3. The number of rotatable bonds is 8. The van der Waals surface area contributed by atoms with Crippen LogP contribution in [0.3, 0.4) is 0 Å². The number of benzene rings is 2. The molecular weight excluding hydrogens is 396 g/mol. The fourth-order valence-electron chi connectivity index (χ4n) is 4.00. The van der Waals surface area contributed by atoms with E-state index in [2.05, 4.69) is 19.2 Å². The van der Waals surface area contributed by atoms with Crippen molar-refractivity contribution in [2.24, 2.45) is 5.92 Å². The van der Waals surface area contributed by atoms with Gasteiger partial charge >= 0.3 is 0 Å². The molecule has 1 heterocycles. The van der Waals surface area contributed by atoms with Crippen LogP contribution >= 0.6 is 0 Å². The largest absolute Gasteiger partial charge is 0.351 e. The van der Waals surface area contributed by atoms with Crippen LogP contribution < -0.4 is 5.32 Å². The molecule has 2 aromatic rings. The van der Waals surface area contributed by atoms with Gasteiger partial charge in [0.1, 0.15) is 0 Å². The Kier molecular flexibility index (Phi) is 7.67. The van der Waals surface area contributed by atoms with E-state index in [0.29, 0.717) is 24.5 Å². The quantitative estimate of drug-likeness (QED) is 0.681. The second kappa shape index (κ2) is 10.2. The first kappa shape index (κ1) is 22.5. The summed E-state index contributed by atoms with van der Waals surface area (Å²) in [7, 11) is -3.48. The molecule has 5 nitrogen and oxygen atoms in total. The fraction of sp³-hybridized carbons (Fsp3) is 0.458. The molecule has 30 heavy (non-hydrogen) atoms. The molecule has 6 heteroatoms. The molecule has 1 aliphatic heterocycles. The molecule has 2 unspecified atom stereocenters. The Balaban J connectivity index is 1.72. The third-order valence-electron chi connectivity index (χ3n) is 5.97. The maximum atomic E-state index is 13.0. The van der Waals surface area contributed by atoms with Crippen LogP contribution in [0.5, 0.6) is 0 Å². The molecule has 2 atom stereocenters. The van der Waals surface area contributed by atoms with Crippen molar-refractivity contribution in [3.05, 3.63) is 65.7 Å². The standard InChI is InChI=1S/C24H32N2O3S/c1-3-19(2)23(21-12-6-4-7-13-21)24(27)25-18-20-11-10-14-22(17-20)30(28,29)26-15-8-5-9-16-26/h4,6-7,10-14,17,19,23H,3,5,8-9,15-16,18H2,1-2H3,(H,25,27). The molecule has 1 fully saturated rings. The van der Waals surface area contributed by atoms with E-state index in [9.17, 15) is 13.2 Å². The van der Waals surface area contributed by atoms with E-state index in [1.165, 1.54) is 0 Å². The first-order chi connectivity index (χ1) is 14.4. The van der Waals surface area contributed by atoms with Crippen LogP contribution in [-0.4, -0.2) is 31.7 Å². The van der Waals surface area contributed by atoms with E-state index in [0.717, 1.165) is 36.8 Å². The number of amides is 1. The van der Waals surface area contributed by atoms with Gasteiger partial charge in [0.2, 0.25) is 15.9 Å². The maximum Gasteiger partial charge on any atom is 0.243 e. The van der Waals surface area contributed by atoms with Crippen molar-refractivity contribution in [3.8, 4) is 0 Å². The number of nitrogens with one attached hydrogen (secondary N) is 1. The molecule has 1 saturated heterocycles. The van der Waals surface area contributed by atoms with Gasteiger partial charge in [-0.1, -0.05) is 69.2 Å². The molecule has 3 rings (SSSR count). The van der Waals surface area contributed by atoms with Gasteiger partial charge in [-0.3, -0.25) is 4.79 Å². The van der Waals surface area contributed by atoms with Crippen molar-refractivity contribution in [1.82, 2.24) is 9.62 Å². The summed E-state index contributed by atoms with van der Waals surface area (Å²) < 4.78 is 27.4. The zero-order valence-electron chi connectivity index (χ0n) is 17.9. The van der Waals surface area contributed by atoms with Crippen LogP contribution in [-0.2, 0) is 21.4 Å². The van der Waals surface area contributed by atoms with Crippen molar-refractivity contribution >= 4 is 15.9 Å². The highest BCUT2D eigenvalue weighted by Crippen LogP contribution is 2.27. The van der Waals surface area contributed by atoms with Crippen molar-refractivity contribution in [2.45, 2.75) is 56.9 Å². The molecule has 0 aliphatic carbocycles. The minimum atomic E-state index is -3.48. The Morgan fingerprint density at radius 2 is 1.73 bits per heavy atom. The zero-order valence-corrected chi connectivity index (χ0v) is 18.7. The SMILES string of the molecule is CCC(C)C(C(=O)NCc1cccc(S(=O)(=O)N2CCCCC2)c1)c1ccccc1. The fourth-order valence-corrected chi connectivity index (χ4v) is 5.59. The van der Waals surface area contributed by atoms with Crippen LogP contribution in [0.4, 0.5) is 0 Å². The van der Waals surface area contributed by atoms with Gasteiger partial charge in [0, 0.05) is 19.6 Å². The normalized spacial score (nSPS) is 17.3. The van der Waals surface area contributed by atoms with Gasteiger partial charge in [0.25, 0.3) is 0 Å². The monoisotopic (exact) mass is 428 g/mol. The smallest absolute Gasteiger partial charge is 0.243 e. The Labute approximate surface area is 180 Å². The van der Waals surface area contributed by atoms with Crippen LogP contribution in [0.25, 0.3) is 0 Å². The summed E-state index contributed by atoms with van der Waals surface area (Å²) >= 11 is 0.